The molecular formula is C19H27Cl3IN3OS. The zero-order chi connectivity index (χ0) is 21.0. The zero-order valence-corrected chi connectivity index (χ0v) is 21.1. The standard InChI is InChI=1S/C19H27Cl3IN3OS/c1-2-3-4-5-6-7-8-13-16(27)25-17(19(20,21)22)26-18(28)24-15-12-10-9-11-14(15)23/h9-12,17H,2-8,13H2,1H3,(H,25,27)(H2,24,26,28). The molecule has 0 spiro atoms. The second-order valence-corrected chi connectivity index (χ2v) is 10.4. The number of alkyl halides is 3. The van der Waals surface area contributed by atoms with Crippen LogP contribution in [-0.2, 0) is 4.79 Å². The number of thiocarbonyl (C=S) groups is 1. The smallest absolute Gasteiger partial charge is 0.228 e. The molecule has 0 heterocycles. The molecule has 9 heteroatoms. The number of para-hydroxylation sites is 1. The summed E-state index contributed by atoms with van der Waals surface area (Å²) in [5.74, 6) is -0.172. The van der Waals surface area contributed by atoms with E-state index in [9.17, 15) is 4.79 Å². The number of hydrogen-bond acceptors (Lipinski definition) is 2. The first-order chi connectivity index (χ1) is 13.2. The van der Waals surface area contributed by atoms with E-state index in [1.165, 1.54) is 25.7 Å². The molecule has 0 aliphatic heterocycles. The summed E-state index contributed by atoms with van der Waals surface area (Å²) in [6.45, 7) is 2.20. The lowest BCUT2D eigenvalue weighted by Crippen LogP contribution is -2.56. The van der Waals surface area contributed by atoms with Crippen LogP contribution in [-0.4, -0.2) is 21.0 Å². The van der Waals surface area contributed by atoms with Crippen LogP contribution < -0.4 is 16.0 Å². The summed E-state index contributed by atoms with van der Waals surface area (Å²) in [6.07, 6.45) is 7.41. The van der Waals surface area contributed by atoms with E-state index in [-0.39, 0.29) is 11.0 Å². The van der Waals surface area contributed by atoms with Crippen LogP contribution in [0.15, 0.2) is 24.3 Å². The molecule has 4 nitrogen and oxygen atoms in total. The monoisotopic (exact) mass is 577 g/mol. The van der Waals surface area contributed by atoms with Gasteiger partial charge in [-0.05, 0) is 53.4 Å². The molecule has 1 unspecified atom stereocenters. The number of amides is 1. The lowest BCUT2D eigenvalue weighted by atomic mass is 10.1. The number of nitrogens with one attached hydrogen (secondary N) is 3. The summed E-state index contributed by atoms with van der Waals surface area (Å²) in [7, 11) is 0. The van der Waals surface area contributed by atoms with E-state index in [2.05, 4.69) is 45.5 Å². The Morgan fingerprint density at radius 2 is 1.68 bits per heavy atom. The fourth-order valence-corrected chi connectivity index (χ4v) is 3.61. The maximum atomic E-state index is 12.2. The predicted molar refractivity (Wildman–Crippen MR) is 133 cm³/mol. The number of hydrogen-bond donors (Lipinski definition) is 3. The Kier molecular flexibility index (Phi) is 13.1. The molecule has 1 atom stereocenters. The fraction of sp³-hybridized carbons (Fsp3) is 0.579. The number of anilines is 1. The Hall–Kier alpha value is -0.0200. The van der Waals surface area contributed by atoms with Crippen molar-refractivity contribution >= 4 is 86.3 Å². The Morgan fingerprint density at radius 3 is 2.29 bits per heavy atom. The second-order valence-electron chi connectivity index (χ2n) is 6.49. The number of carbonyl (C=O) groups excluding carboxylic acids is 1. The largest absolute Gasteiger partial charge is 0.339 e. The molecule has 0 radical (unpaired) electrons. The van der Waals surface area contributed by atoms with E-state index in [1.54, 1.807) is 0 Å². The maximum absolute atomic E-state index is 12.2. The molecule has 1 aromatic carbocycles. The van der Waals surface area contributed by atoms with Crippen molar-refractivity contribution in [2.75, 3.05) is 5.32 Å². The zero-order valence-electron chi connectivity index (χ0n) is 15.9. The molecule has 0 fully saturated rings. The Balaban J connectivity index is 2.45. The molecule has 0 bridgehead atoms. The third-order valence-corrected chi connectivity index (χ3v) is 5.85. The molecule has 1 amide bonds. The summed E-state index contributed by atoms with van der Waals surface area (Å²) >= 11 is 25.5. The van der Waals surface area contributed by atoms with Crippen molar-refractivity contribution in [1.82, 2.24) is 10.6 Å². The van der Waals surface area contributed by atoms with Crippen molar-refractivity contribution in [3.63, 3.8) is 0 Å². The molecule has 158 valence electrons. The summed E-state index contributed by atoms with van der Waals surface area (Å²) < 4.78 is -0.747. The summed E-state index contributed by atoms with van der Waals surface area (Å²) in [5, 5.41) is 8.91. The minimum absolute atomic E-state index is 0.172. The van der Waals surface area contributed by atoms with Gasteiger partial charge in [0.25, 0.3) is 0 Å². The highest BCUT2D eigenvalue weighted by Gasteiger charge is 2.34. The van der Waals surface area contributed by atoms with Gasteiger partial charge in [0, 0.05) is 9.99 Å². The first kappa shape index (κ1) is 26.0. The first-order valence-corrected chi connectivity index (χ1v) is 12.0. The van der Waals surface area contributed by atoms with Crippen LogP contribution in [0.2, 0.25) is 0 Å². The number of rotatable bonds is 11. The van der Waals surface area contributed by atoms with Gasteiger partial charge in [-0.1, -0.05) is 92.4 Å². The van der Waals surface area contributed by atoms with Gasteiger partial charge in [0.15, 0.2) is 5.11 Å². The summed E-state index contributed by atoms with van der Waals surface area (Å²) in [5.41, 5.74) is 0.832. The molecular weight excluding hydrogens is 552 g/mol. The van der Waals surface area contributed by atoms with Crippen molar-refractivity contribution in [3.05, 3.63) is 27.8 Å². The van der Waals surface area contributed by atoms with E-state index in [0.717, 1.165) is 28.5 Å². The van der Waals surface area contributed by atoms with Gasteiger partial charge in [-0.25, -0.2) is 0 Å². The van der Waals surface area contributed by atoms with Gasteiger partial charge in [-0.3, -0.25) is 4.79 Å². The molecule has 1 aromatic rings. The quantitative estimate of drug-likeness (QED) is 0.0919. The number of benzene rings is 1. The SMILES string of the molecule is CCCCCCCCCC(=O)NC(NC(=S)Nc1ccccc1I)C(Cl)(Cl)Cl. The normalized spacial score (nSPS) is 12.3. The molecule has 0 aromatic heterocycles. The van der Waals surface area contributed by atoms with E-state index >= 15 is 0 Å². The van der Waals surface area contributed by atoms with Crippen LogP contribution in [0.1, 0.15) is 58.3 Å². The molecule has 3 N–H and O–H groups in total. The minimum Gasteiger partial charge on any atom is -0.339 e. The van der Waals surface area contributed by atoms with Crippen molar-refractivity contribution in [1.29, 1.82) is 0 Å². The number of carbonyl (C=O) groups is 1. The van der Waals surface area contributed by atoms with Crippen LogP contribution in [0.4, 0.5) is 5.69 Å². The van der Waals surface area contributed by atoms with Crippen LogP contribution in [0.25, 0.3) is 0 Å². The highest BCUT2D eigenvalue weighted by molar-refractivity contribution is 14.1. The van der Waals surface area contributed by atoms with Gasteiger partial charge in [0.05, 0.1) is 5.69 Å². The average Bonchev–Trinajstić information content (AvgIpc) is 2.61. The van der Waals surface area contributed by atoms with E-state index in [4.69, 9.17) is 47.0 Å². The molecule has 28 heavy (non-hydrogen) atoms. The van der Waals surface area contributed by atoms with Crippen LogP contribution in [0.3, 0.4) is 0 Å². The molecule has 0 saturated carbocycles. The molecule has 0 saturated heterocycles. The van der Waals surface area contributed by atoms with Crippen molar-refractivity contribution in [3.8, 4) is 0 Å². The van der Waals surface area contributed by atoms with Crippen molar-refractivity contribution in [2.45, 2.75) is 68.2 Å². The Bertz CT molecular complexity index is 629. The Labute approximate surface area is 202 Å². The third kappa shape index (κ3) is 11.2. The van der Waals surface area contributed by atoms with E-state index < -0.39 is 9.96 Å². The number of unbranched alkanes of at least 4 members (excludes halogenated alkanes) is 6. The lowest BCUT2D eigenvalue weighted by Gasteiger charge is -2.28. The van der Waals surface area contributed by atoms with Crippen molar-refractivity contribution in [2.24, 2.45) is 0 Å². The van der Waals surface area contributed by atoms with E-state index in [0.29, 0.717) is 6.42 Å². The molecule has 0 aliphatic rings. The third-order valence-electron chi connectivity index (χ3n) is 4.04. The maximum Gasteiger partial charge on any atom is 0.228 e. The van der Waals surface area contributed by atoms with Gasteiger partial charge >= 0.3 is 0 Å². The lowest BCUT2D eigenvalue weighted by molar-refractivity contribution is -0.122. The fourth-order valence-electron chi connectivity index (χ4n) is 2.53. The van der Waals surface area contributed by atoms with Gasteiger partial charge in [0.2, 0.25) is 9.70 Å². The van der Waals surface area contributed by atoms with Crippen LogP contribution >= 0.6 is 69.6 Å². The average molecular weight is 579 g/mol. The van der Waals surface area contributed by atoms with Crippen molar-refractivity contribution < 1.29 is 4.79 Å². The van der Waals surface area contributed by atoms with Gasteiger partial charge in [-0.15, -0.1) is 0 Å². The van der Waals surface area contributed by atoms with Crippen LogP contribution in [0.5, 0.6) is 0 Å². The van der Waals surface area contributed by atoms with Crippen LogP contribution in [0, 0.1) is 3.57 Å². The molecule has 1 rings (SSSR count). The minimum atomic E-state index is -1.74. The molecule has 0 aliphatic carbocycles. The second kappa shape index (κ2) is 14.1. The summed E-state index contributed by atoms with van der Waals surface area (Å²) in [4.78, 5) is 12.2. The predicted octanol–water partition coefficient (Wildman–Crippen LogP) is 6.53. The summed E-state index contributed by atoms with van der Waals surface area (Å²) in [6, 6.07) is 7.66. The highest BCUT2D eigenvalue weighted by atomic mass is 127. The topological polar surface area (TPSA) is 53.2 Å². The Morgan fingerprint density at radius 1 is 1.07 bits per heavy atom. The van der Waals surface area contributed by atoms with Gasteiger partial charge in [0.1, 0.15) is 6.17 Å². The number of halogens is 4. The van der Waals surface area contributed by atoms with E-state index in [1.807, 2.05) is 24.3 Å². The van der Waals surface area contributed by atoms with Gasteiger partial charge in [-0.2, -0.15) is 0 Å². The van der Waals surface area contributed by atoms with Gasteiger partial charge < -0.3 is 16.0 Å². The highest BCUT2D eigenvalue weighted by Crippen LogP contribution is 2.29. The first-order valence-electron chi connectivity index (χ1n) is 9.42.